The minimum absolute atomic E-state index is 0.181. The van der Waals surface area contributed by atoms with Crippen LogP contribution in [0.15, 0.2) is 17.6 Å². The van der Waals surface area contributed by atoms with E-state index in [1.165, 1.54) is 25.7 Å². The van der Waals surface area contributed by atoms with E-state index in [0.29, 0.717) is 11.4 Å². The van der Waals surface area contributed by atoms with E-state index in [0.717, 1.165) is 13.1 Å². The maximum Gasteiger partial charge on any atom is 0.192 e. The molecular weight excluding hydrogens is 198 g/mol. The summed E-state index contributed by atoms with van der Waals surface area (Å²) in [7, 11) is 0. The fourth-order valence-corrected chi connectivity index (χ4v) is 3.39. The van der Waals surface area contributed by atoms with E-state index in [4.69, 9.17) is 5.73 Å². The maximum atomic E-state index is 5.99. The Balaban J connectivity index is 2.21. The van der Waals surface area contributed by atoms with Crippen LogP contribution in [0.2, 0.25) is 0 Å². The van der Waals surface area contributed by atoms with Crippen LogP contribution in [0.4, 0.5) is 0 Å². The van der Waals surface area contributed by atoms with E-state index in [1.54, 1.807) is 0 Å². The monoisotopic (exact) mass is 221 g/mol. The molecule has 1 saturated carbocycles. The van der Waals surface area contributed by atoms with Crippen molar-refractivity contribution in [1.29, 1.82) is 0 Å². The normalized spacial score (nSPS) is 32.9. The second-order valence-electron chi connectivity index (χ2n) is 5.99. The van der Waals surface area contributed by atoms with Crippen molar-refractivity contribution in [2.45, 2.75) is 45.1 Å². The molecule has 1 unspecified atom stereocenters. The van der Waals surface area contributed by atoms with Gasteiger partial charge in [0.05, 0.1) is 12.1 Å². The second-order valence-corrected chi connectivity index (χ2v) is 5.99. The zero-order chi connectivity index (χ0) is 11.8. The highest BCUT2D eigenvalue weighted by atomic mass is 15.4. The molecule has 0 radical (unpaired) electrons. The molecule has 3 heteroatoms. The zero-order valence-corrected chi connectivity index (χ0v) is 10.5. The number of nitrogens with zero attached hydrogens (tertiary/aromatic N) is 2. The lowest BCUT2D eigenvalue weighted by molar-refractivity contribution is 0.0739. The van der Waals surface area contributed by atoms with Gasteiger partial charge in [0.25, 0.3) is 0 Å². The molecule has 1 heterocycles. The van der Waals surface area contributed by atoms with Crippen LogP contribution in [0, 0.1) is 5.41 Å². The van der Waals surface area contributed by atoms with Crippen molar-refractivity contribution in [3.8, 4) is 0 Å². The van der Waals surface area contributed by atoms with Gasteiger partial charge in [-0.2, -0.15) is 0 Å². The summed E-state index contributed by atoms with van der Waals surface area (Å²) >= 11 is 0. The van der Waals surface area contributed by atoms with Crippen LogP contribution < -0.4 is 5.73 Å². The van der Waals surface area contributed by atoms with E-state index in [2.05, 4.69) is 30.3 Å². The first kappa shape index (κ1) is 11.5. The van der Waals surface area contributed by atoms with Crippen molar-refractivity contribution in [2.24, 2.45) is 16.1 Å². The summed E-state index contributed by atoms with van der Waals surface area (Å²) in [6.07, 6.45) is 6.93. The Morgan fingerprint density at radius 1 is 1.50 bits per heavy atom. The molecule has 0 saturated heterocycles. The standard InChI is InChI=1S/C13H23N3/c1-4-8-16-11(14)15-10-13(16)7-5-6-12(2,3)9-13/h4H,1,5-10H2,2-3H3,(H2,14,15). The summed E-state index contributed by atoms with van der Waals surface area (Å²) in [5, 5.41) is 0. The molecule has 2 aliphatic rings. The average Bonchev–Trinajstić information content (AvgIpc) is 2.46. The van der Waals surface area contributed by atoms with Gasteiger partial charge in [0.1, 0.15) is 0 Å². The lowest BCUT2D eigenvalue weighted by Gasteiger charge is -2.47. The number of rotatable bonds is 2. The van der Waals surface area contributed by atoms with Crippen LogP contribution in [0.25, 0.3) is 0 Å². The van der Waals surface area contributed by atoms with E-state index in [1.807, 2.05) is 6.08 Å². The van der Waals surface area contributed by atoms with Crippen LogP contribution >= 0.6 is 0 Å². The highest BCUT2D eigenvalue weighted by Crippen LogP contribution is 2.45. The molecule has 0 amide bonds. The van der Waals surface area contributed by atoms with Crippen LogP contribution in [-0.2, 0) is 0 Å². The maximum absolute atomic E-state index is 5.99. The molecular formula is C13H23N3. The van der Waals surface area contributed by atoms with E-state index >= 15 is 0 Å². The van der Waals surface area contributed by atoms with Gasteiger partial charge in [-0.3, -0.25) is 4.99 Å². The lowest BCUT2D eigenvalue weighted by Crippen LogP contribution is -2.55. The molecule has 0 bridgehead atoms. The Labute approximate surface area is 98.4 Å². The Kier molecular flexibility index (Phi) is 2.72. The third-order valence-corrected chi connectivity index (χ3v) is 4.00. The molecule has 16 heavy (non-hydrogen) atoms. The van der Waals surface area contributed by atoms with Crippen molar-refractivity contribution in [3.05, 3.63) is 12.7 Å². The van der Waals surface area contributed by atoms with Crippen molar-refractivity contribution < 1.29 is 0 Å². The molecule has 3 nitrogen and oxygen atoms in total. The van der Waals surface area contributed by atoms with Crippen molar-refractivity contribution in [2.75, 3.05) is 13.1 Å². The minimum atomic E-state index is 0.181. The highest BCUT2D eigenvalue weighted by molar-refractivity contribution is 5.81. The average molecular weight is 221 g/mol. The molecule has 1 fully saturated rings. The number of aliphatic imine (C=N–C) groups is 1. The van der Waals surface area contributed by atoms with E-state index in [-0.39, 0.29) is 5.54 Å². The van der Waals surface area contributed by atoms with E-state index < -0.39 is 0 Å². The molecule has 0 aromatic heterocycles. The zero-order valence-electron chi connectivity index (χ0n) is 10.5. The molecule has 0 aromatic carbocycles. The Morgan fingerprint density at radius 3 is 2.88 bits per heavy atom. The molecule has 2 rings (SSSR count). The lowest BCUT2D eigenvalue weighted by atomic mass is 9.67. The second kappa shape index (κ2) is 3.79. The Hall–Kier alpha value is -0.990. The number of hydrogen-bond donors (Lipinski definition) is 1. The summed E-state index contributed by atoms with van der Waals surface area (Å²) < 4.78 is 0. The summed E-state index contributed by atoms with van der Waals surface area (Å²) in [6, 6.07) is 0. The number of nitrogens with two attached hydrogens (primary N) is 1. The van der Waals surface area contributed by atoms with Crippen molar-refractivity contribution >= 4 is 5.96 Å². The van der Waals surface area contributed by atoms with Crippen LogP contribution in [0.3, 0.4) is 0 Å². The Bertz CT molecular complexity index is 319. The smallest absolute Gasteiger partial charge is 0.192 e. The first-order chi connectivity index (χ1) is 7.49. The van der Waals surface area contributed by atoms with Gasteiger partial charge >= 0.3 is 0 Å². The van der Waals surface area contributed by atoms with Crippen molar-refractivity contribution in [3.63, 3.8) is 0 Å². The van der Waals surface area contributed by atoms with Crippen LogP contribution in [-0.4, -0.2) is 29.5 Å². The summed E-state index contributed by atoms with van der Waals surface area (Å²) in [4.78, 5) is 6.72. The van der Waals surface area contributed by atoms with Gasteiger partial charge in [0, 0.05) is 6.54 Å². The summed E-state index contributed by atoms with van der Waals surface area (Å²) in [6.45, 7) is 10.2. The molecule has 1 aliphatic carbocycles. The number of hydrogen-bond acceptors (Lipinski definition) is 3. The first-order valence-corrected chi connectivity index (χ1v) is 6.18. The molecule has 90 valence electrons. The van der Waals surface area contributed by atoms with Crippen LogP contribution in [0.1, 0.15) is 39.5 Å². The molecule has 1 atom stereocenters. The van der Waals surface area contributed by atoms with E-state index in [9.17, 15) is 0 Å². The van der Waals surface area contributed by atoms with Gasteiger partial charge in [-0.25, -0.2) is 0 Å². The summed E-state index contributed by atoms with van der Waals surface area (Å²) in [5.41, 5.74) is 6.58. The fraction of sp³-hybridized carbons (Fsp3) is 0.769. The predicted octanol–water partition coefficient (Wildman–Crippen LogP) is 2.14. The van der Waals surface area contributed by atoms with Crippen molar-refractivity contribution in [1.82, 2.24) is 4.90 Å². The highest BCUT2D eigenvalue weighted by Gasteiger charge is 2.47. The fourth-order valence-electron chi connectivity index (χ4n) is 3.39. The third kappa shape index (κ3) is 1.83. The van der Waals surface area contributed by atoms with Gasteiger partial charge in [0.15, 0.2) is 5.96 Å². The molecule has 1 aliphatic heterocycles. The minimum Gasteiger partial charge on any atom is -0.370 e. The van der Waals surface area contributed by atoms with Gasteiger partial charge < -0.3 is 10.6 Å². The topological polar surface area (TPSA) is 41.6 Å². The van der Waals surface area contributed by atoms with Gasteiger partial charge in [-0.05, 0) is 24.7 Å². The quantitative estimate of drug-likeness (QED) is 0.726. The molecule has 0 aromatic rings. The summed E-state index contributed by atoms with van der Waals surface area (Å²) in [5.74, 6) is 0.706. The number of guanidine groups is 1. The molecule has 1 spiro atoms. The molecule has 2 N–H and O–H groups in total. The van der Waals surface area contributed by atoms with Gasteiger partial charge in [0.2, 0.25) is 0 Å². The first-order valence-electron chi connectivity index (χ1n) is 6.18. The SMILES string of the molecule is C=CCN1C(N)=NCC12CCCC(C)(C)C2. The van der Waals surface area contributed by atoms with Gasteiger partial charge in [-0.1, -0.05) is 26.3 Å². The third-order valence-electron chi connectivity index (χ3n) is 4.00. The largest absolute Gasteiger partial charge is 0.370 e. The Morgan fingerprint density at radius 2 is 2.25 bits per heavy atom. The predicted molar refractivity (Wildman–Crippen MR) is 68.4 cm³/mol. The van der Waals surface area contributed by atoms with Gasteiger partial charge in [-0.15, -0.1) is 6.58 Å². The van der Waals surface area contributed by atoms with Crippen LogP contribution in [0.5, 0.6) is 0 Å².